The molecule has 0 heterocycles. The van der Waals surface area contributed by atoms with Gasteiger partial charge >= 0.3 is 5.97 Å². The highest BCUT2D eigenvalue weighted by atomic mass is 16.6. The van der Waals surface area contributed by atoms with Gasteiger partial charge in [0.05, 0.1) is 0 Å². The van der Waals surface area contributed by atoms with E-state index in [4.69, 9.17) is 4.74 Å². The fourth-order valence-electron chi connectivity index (χ4n) is 2.47. The van der Waals surface area contributed by atoms with Crippen LogP contribution in [-0.4, -0.2) is 11.6 Å². The van der Waals surface area contributed by atoms with Gasteiger partial charge in [-0.1, -0.05) is 19.1 Å². The molecule has 15 heavy (non-hydrogen) atoms. The minimum absolute atomic E-state index is 0.217. The molecule has 0 aromatic rings. The van der Waals surface area contributed by atoms with Crippen LogP contribution >= 0.6 is 0 Å². The molecule has 84 valence electrons. The van der Waals surface area contributed by atoms with Crippen LogP contribution < -0.4 is 0 Å². The van der Waals surface area contributed by atoms with Gasteiger partial charge in [-0.2, -0.15) is 0 Å². The van der Waals surface area contributed by atoms with Gasteiger partial charge in [0.1, 0.15) is 5.60 Å². The lowest BCUT2D eigenvalue weighted by atomic mass is 9.73. The predicted molar refractivity (Wildman–Crippen MR) is 61.5 cm³/mol. The van der Waals surface area contributed by atoms with Crippen molar-refractivity contribution in [2.24, 2.45) is 5.92 Å². The minimum Gasteiger partial charge on any atom is -0.455 e. The van der Waals surface area contributed by atoms with E-state index >= 15 is 0 Å². The summed E-state index contributed by atoms with van der Waals surface area (Å²) in [6.45, 7) is 9.05. The van der Waals surface area contributed by atoms with Gasteiger partial charge in [-0.15, -0.1) is 6.58 Å². The fraction of sp³-hybridized carbons (Fsp3) is 0.615. The van der Waals surface area contributed by atoms with Crippen molar-refractivity contribution in [2.45, 2.75) is 44.6 Å². The van der Waals surface area contributed by atoms with Crippen LogP contribution in [-0.2, 0) is 9.53 Å². The molecule has 1 rings (SSSR count). The van der Waals surface area contributed by atoms with Crippen LogP contribution in [0.5, 0.6) is 0 Å². The third kappa shape index (κ3) is 2.71. The molecule has 2 atom stereocenters. The van der Waals surface area contributed by atoms with Crippen molar-refractivity contribution in [1.29, 1.82) is 0 Å². The molecule has 0 N–H and O–H groups in total. The summed E-state index contributed by atoms with van der Waals surface area (Å²) in [6.07, 6.45) is 8.89. The summed E-state index contributed by atoms with van der Waals surface area (Å²) in [4.78, 5) is 11.1. The van der Waals surface area contributed by atoms with E-state index in [9.17, 15) is 4.79 Å². The van der Waals surface area contributed by atoms with Crippen molar-refractivity contribution in [3.8, 4) is 0 Å². The average molecular weight is 208 g/mol. The van der Waals surface area contributed by atoms with Gasteiger partial charge in [-0.25, -0.2) is 0 Å². The molecule has 1 aliphatic carbocycles. The van der Waals surface area contributed by atoms with Crippen LogP contribution in [0.15, 0.2) is 25.3 Å². The second-order valence-corrected chi connectivity index (χ2v) is 4.22. The maximum Gasteiger partial charge on any atom is 0.303 e. The average Bonchev–Trinajstić information content (AvgIpc) is 2.20. The van der Waals surface area contributed by atoms with Crippen LogP contribution in [0.4, 0.5) is 0 Å². The van der Waals surface area contributed by atoms with Crippen molar-refractivity contribution in [1.82, 2.24) is 0 Å². The third-order valence-electron chi connectivity index (χ3n) is 3.19. The van der Waals surface area contributed by atoms with Crippen molar-refractivity contribution in [3.63, 3.8) is 0 Å². The molecule has 0 saturated heterocycles. The first-order valence-electron chi connectivity index (χ1n) is 5.58. The highest BCUT2D eigenvalue weighted by molar-refractivity contribution is 5.67. The predicted octanol–water partition coefficient (Wildman–Crippen LogP) is 3.24. The molecule has 0 aromatic carbocycles. The second kappa shape index (κ2) is 5.15. The fourth-order valence-corrected chi connectivity index (χ4v) is 2.47. The van der Waals surface area contributed by atoms with Gasteiger partial charge in [0, 0.05) is 12.8 Å². The number of hydrogen-bond donors (Lipinski definition) is 0. The van der Waals surface area contributed by atoms with Gasteiger partial charge in [-0.05, 0) is 31.8 Å². The summed E-state index contributed by atoms with van der Waals surface area (Å²) < 4.78 is 5.49. The van der Waals surface area contributed by atoms with E-state index < -0.39 is 5.60 Å². The Morgan fingerprint density at radius 2 is 2.27 bits per heavy atom. The summed E-state index contributed by atoms with van der Waals surface area (Å²) >= 11 is 0. The van der Waals surface area contributed by atoms with Gasteiger partial charge in [-0.3, -0.25) is 4.79 Å². The summed E-state index contributed by atoms with van der Waals surface area (Å²) in [7, 11) is 0. The Kier molecular flexibility index (Phi) is 4.13. The first-order valence-corrected chi connectivity index (χ1v) is 5.58. The maximum absolute atomic E-state index is 11.1. The van der Waals surface area contributed by atoms with E-state index in [0.29, 0.717) is 5.92 Å². The number of rotatable bonds is 4. The van der Waals surface area contributed by atoms with E-state index in [2.05, 4.69) is 13.2 Å². The van der Waals surface area contributed by atoms with E-state index in [1.807, 2.05) is 12.2 Å². The molecule has 0 bridgehead atoms. The van der Waals surface area contributed by atoms with Gasteiger partial charge < -0.3 is 4.74 Å². The molecule has 1 fully saturated rings. The Labute approximate surface area is 92.0 Å². The Hall–Kier alpha value is -1.05. The molecule has 0 spiro atoms. The van der Waals surface area contributed by atoms with E-state index in [1.54, 1.807) is 0 Å². The van der Waals surface area contributed by atoms with Gasteiger partial charge in [0.2, 0.25) is 0 Å². The topological polar surface area (TPSA) is 26.3 Å². The lowest BCUT2D eigenvalue weighted by Gasteiger charge is -2.40. The molecule has 2 nitrogen and oxygen atoms in total. The minimum atomic E-state index is -0.446. The van der Waals surface area contributed by atoms with Gasteiger partial charge in [0.25, 0.3) is 0 Å². The standard InChI is InChI=1S/C13H20O2/c1-4-8-12-9-6-7-10-13(12,5-2)15-11(3)14/h4-5,12H,1-2,6-10H2,3H3. The lowest BCUT2D eigenvalue weighted by molar-refractivity contribution is -0.160. The Bertz CT molecular complexity index is 257. The zero-order valence-corrected chi connectivity index (χ0v) is 9.50. The molecule has 0 amide bonds. The molecule has 0 radical (unpaired) electrons. The van der Waals surface area contributed by atoms with E-state index in [0.717, 1.165) is 25.7 Å². The molecule has 2 unspecified atom stereocenters. The molecule has 1 saturated carbocycles. The lowest BCUT2D eigenvalue weighted by Crippen LogP contribution is -2.42. The number of allylic oxidation sites excluding steroid dienone is 1. The van der Waals surface area contributed by atoms with Gasteiger partial charge in [0.15, 0.2) is 0 Å². The number of carbonyl (C=O) groups is 1. The zero-order chi connectivity index (χ0) is 11.3. The van der Waals surface area contributed by atoms with Crippen LogP contribution in [0.3, 0.4) is 0 Å². The summed E-state index contributed by atoms with van der Waals surface area (Å²) in [5.41, 5.74) is -0.446. The molecule has 0 aromatic heterocycles. The molecule has 1 aliphatic rings. The van der Waals surface area contributed by atoms with E-state index in [-0.39, 0.29) is 5.97 Å². The highest BCUT2D eigenvalue weighted by Crippen LogP contribution is 2.40. The number of ether oxygens (including phenoxy) is 1. The first kappa shape index (κ1) is 12.0. The summed E-state index contributed by atoms with van der Waals surface area (Å²) in [5, 5.41) is 0. The highest BCUT2D eigenvalue weighted by Gasteiger charge is 2.40. The number of esters is 1. The van der Waals surface area contributed by atoms with Crippen molar-refractivity contribution >= 4 is 5.97 Å². The molecular formula is C13H20O2. The second-order valence-electron chi connectivity index (χ2n) is 4.22. The first-order chi connectivity index (χ1) is 7.14. The molecule has 0 aliphatic heterocycles. The largest absolute Gasteiger partial charge is 0.455 e. The smallest absolute Gasteiger partial charge is 0.303 e. The summed E-state index contributed by atoms with van der Waals surface area (Å²) in [5.74, 6) is 0.135. The van der Waals surface area contributed by atoms with Crippen LogP contribution in [0.25, 0.3) is 0 Å². The molecule has 2 heteroatoms. The van der Waals surface area contributed by atoms with Crippen molar-refractivity contribution in [3.05, 3.63) is 25.3 Å². The quantitative estimate of drug-likeness (QED) is 0.523. The van der Waals surface area contributed by atoms with Crippen LogP contribution in [0, 0.1) is 5.92 Å². The normalized spacial score (nSPS) is 30.6. The van der Waals surface area contributed by atoms with E-state index in [1.165, 1.54) is 13.3 Å². The maximum atomic E-state index is 11.1. The van der Waals surface area contributed by atoms with Crippen LogP contribution in [0.2, 0.25) is 0 Å². The molecular weight excluding hydrogens is 188 g/mol. The number of carbonyl (C=O) groups excluding carboxylic acids is 1. The van der Waals surface area contributed by atoms with Crippen LogP contribution in [0.1, 0.15) is 39.0 Å². The monoisotopic (exact) mass is 208 g/mol. The SMILES string of the molecule is C=CCC1CCCCC1(C=C)OC(C)=O. The summed E-state index contributed by atoms with van der Waals surface area (Å²) in [6, 6.07) is 0. The Morgan fingerprint density at radius 3 is 2.80 bits per heavy atom. The zero-order valence-electron chi connectivity index (χ0n) is 9.50. The van der Waals surface area contributed by atoms with Crippen molar-refractivity contribution < 1.29 is 9.53 Å². The van der Waals surface area contributed by atoms with Crippen molar-refractivity contribution in [2.75, 3.05) is 0 Å². The Balaban J connectivity index is 2.83. The Morgan fingerprint density at radius 1 is 1.53 bits per heavy atom. The number of hydrogen-bond acceptors (Lipinski definition) is 2. The third-order valence-corrected chi connectivity index (χ3v) is 3.19.